The Hall–Kier alpha value is -3.38. The summed E-state index contributed by atoms with van der Waals surface area (Å²) in [6, 6.07) is 9.79. The van der Waals surface area contributed by atoms with Gasteiger partial charge in [0.2, 0.25) is 0 Å². The third kappa shape index (κ3) is 2.68. The van der Waals surface area contributed by atoms with Gasteiger partial charge in [0.25, 0.3) is 0 Å². The van der Waals surface area contributed by atoms with E-state index < -0.39 is 0 Å². The highest BCUT2D eigenvalue weighted by Crippen LogP contribution is 2.40. The van der Waals surface area contributed by atoms with Crippen LogP contribution in [-0.2, 0) is 0 Å². The van der Waals surface area contributed by atoms with Crippen LogP contribution in [0.4, 0.5) is 0 Å². The molecule has 7 heteroatoms. The van der Waals surface area contributed by atoms with Crippen LogP contribution in [0.3, 0.4) is 0 Å². The van der Waals surface area contributed by atoms with Gasteiger partial charge in [-0.3, -0.25) is 4.98 Å². The maximum Gasteiger partial charge on any atom is 0.323 e. The zero-order valence-corrected chi connectivity index (χ0v) is 16.8. The molecule has 0 saturated carbocycles. The minimum Gasteiger partial charge on any atom is -0.361 e. The Morgan fingerprint density at radius 2 is 1.90 bits per heavy atom. The number of nitrogens with zero attached hydrogens (tertiary/aromatic N) is 2. The maximum absolute atomic E-state index is 12.1. The number of aromatic amines is 2. The van der Waals surface area contributed by atoms with Gasteiger partial charge in [-0.15, -0.1) is 0 Å². The number of fused-ring (bicyclic) bond motifs is 2. The van der Waals surface area contributed by atoms with Gasteiger partial charge in [-0.05, 0) is 61.7 Å². The summed E-state index contributed by atoms with van der Waals surface area (Å²) in [5, 5.41) is 5.60. The van der Waals surface area contributed by atoms with E-state index in [9.17, 15) is 4.79 Å². The smallest absolute Gasteiger partial charge is 0.323 e. The van der Waals surface area contributed by atoms with Gasteiger partial charge < -0.3 is 14.5 Å². The minimum absolute atomic E-state index is 0.258. The first kappa shape index (κ1) is 17.7. The number of nitrogens with one attached hydrogen (secondary N) is 2. The van der Waals surface area contributed by atoms with Crippen LogP contribution in [0.15, 0.2) is 45.8 Å². The third-order valence-corrected chi connectivity index (χ3v) is 5.55. The molecule has 5 aromatic rings. The molecule has 29 heavy (non-hydrogen) atoms. The van der Waals surface area contributed by atoms with Crippen molar-refractivity contribution in [3.05, 3.63) is 69.1 Å². The molecule has 0 radical (unpaired) electrons. The van der Waals surface area contributed by atoms with Gasteiger partial charge >= 0.3 is 5.69 Å². The molecule has 3 aromatic heterocycles. The van der Waals surface area contributed by atoms with Gasteiger partial charge in [-0.1, -0.05) is 22.8 Å². The molecular weight excluding hydrogens is 388 g/mol. The lowest BCUT2D eigenvalue weighted by Crippen LogP contribution is -1.99. The molecule has 0 aliphatic heterocycles. The van der Waals surface area contributed by atoms with Gasteiger partial charge in [0.1, 0.15) is 5.76 Å². The first-order valence-electron chi connectivity index (χ1n) is 9.17. The van der Waals surface area contributed by atoms with Crippen molar-refractivity contribution in [3.63, 3.8) is 0 Å². The molecule has 0 aliphatic rings. The van der Waals surface area contributed by atoms with E-state index in [1.54, 1.807) is 6.20 Å². The zero-order valence-electron chi connectivity index (χ0n) is 16.1. The summed E-state index contributed by atoms with van der Waals surface area (Å²) in [5.41, 5.74) is 7.42. The Morgan fingerprint density at radius 1 is 1.07 bits per heavy atom. The van der Waals surface area contributed by atoms with Crippen molar-refractivity contribution in [1.82, 2.24) is 20.1 Å². The van der Waals surface area contributed by atoms with Gasteiger partial charge in [-0.2, -0.15) is 0 Å². The van der Waals surface area contributed by atoms with Crippen LogP contribution in [0.5, 0.6) is 0 Å². The molecule has 0 bridgehead atoms. The highest BCUT2D eigenvalue weighted by molar-refractivity contribution is 6.35. The monoisotopic (exact) mass is 404 g/mol. The predicted molar refractivity (Wildman–Crippen MR) is 114 cm³/mol. The quantitative estimate of drug-likeness (QED) is 0.417. The van der Waals surface area contributed by atoms with E-state index in [-0.39, 0.29) is 5.69 Å². The van der Waals surface area contributed by atoms with Crippen LogP contribution < -0.4 is 5.69 Å². The van der Waals surface area contributed by atoms with Crippen LogP contribution in [0.1, 0.15) is 17.0 Å². The largest absolute Gasteiger partial charge is 0.361 e. The molecule has 0 atom stereocenters. The van der Waals surface area contributed by atoms with Crippen LogP contribution >= 0.6 is 11.6 Å². The average Bonchev–Trinajstić information content (AvgIpc) is 3.22. The van der Waals surface area contributed by atoms with Crippen molar-refractivity contribution in [2.75, 3.05) is 0 Å². The number of H-pyrrole nitrogens is 2. The van der Waals surface area contributed by atoms with Gasteiger partial charge in [0, 0.05) is 22.7 Å². The van der Waals surface area contributed by atoms with Gasteiger partial charge in [0.15, 0.2) is 0 Å². The summed E-state index contributed by atoms with van der Waals surface area (Å²) in [6.45, 7) is 5.79. The van der Waals surface area contributed by atoms with E-state index in [0.29, 0.717) is 10.5 Å². The van der Waals surface area contributed by atoms with Crippen molar-refractivity contribution < 1.29 is 4.52 Å². The zero-order chi connectivity index (χ0) is 20.3. The number of hydrogen-bond acceptors (Lipinski definition) is 4. The molecule has 0 aliphatic carbocycles. The second kappa shape index (κ2) is 6.32. The highest BCUT2D eigenvalue weighted by Gasteiger charge is 2.19. The van der Waals surface area contributed by atoms with E-state index in [4.69, 9.17) is 16.1 Å². The number of benzene rings is 2. The summed E-state index contributed by atoms with van der Waals surface area (Å²) in [5.74, 6) is 0.727. The normalized spacial score (nSPS) is 11.6. The predicted octanol–water partition coefficient (Wildman–Crippen LogP) is 5.31. The average molecular weight is 405 g/mol. The maximum atomic E-state index is 12.1. The SMILES string of the molecule is Cc1cc(Cl)c2ncccc2c1-c1cc(-c2c(C)noc2C)cc2[nH]c(=O)[nH]c12. The third-order valence-electron chi connectivity index (χ3n) is 5.26. The number of pyridine rings is 1. The van der Waals surface area contributed by atoms with Crippen molar-refractivity contribution >= 4 is 33.5 Å². The van der Waals surface area contributed by atoms with Gasteiger partial charge in [0.05, 0.1) is 27.3 Å². The fourth-order valence-electron chi connectivity index (χ4n) is 4.08. The Kier molecular flexibility index (Phi) is 3.86. The molecule has 0 saturated heterocycles. The van der Waals surface area contributed by atoms with Crippen molar-refractivity contribution in [3.8, 4) is 22.3 Å². The van der Waals surface area contributed by atoms with Crippen molar-refractivity contribution in [1.29, 1.82) is 0 Å². The molecule has 6 nitrogen and oxygen atoms in total. The van der Waals surface area contributed by atoms with Crippen LogP contribution in [0, 0.1) is 20.8 Å². The van der Waals surface area contributed by atoms with E-state index in [2.05, 4.69) is 26.2 Å². The molecule has 0 amide bonds. The Balaban J connectivity index is 1.94. The topological polar surface area (TPSA) is 87.6 Å². The van der Waals surface area contributed by atoms with Gasteiger partial charge in [-0.25, -0.2) is 4.79 Å². The number of halogens is 1. The molecule has 0 fully saturated rings. The number of imidazole rings is 1. The highest BCUT2D eigenvalue weighted by atomic mass is 35.5. The Labute approximate surface area is 170 Å². The molecule has 2 aromatic carbocycles. The number of aryl methyl sites for hydroxylation is 3. The first-order valence-corrected chi connectivity index (χ1v) is 9.55. The molecule has 2 N–H and O–H groups in total. The standard InChI is InChI=1S/C22H17ClN4O2/c1-10-7-16(23)20-14(5-4-6-24-20)18(10)15-8-13(19-11(2)27-29-12(19)3)9-17-21(15)26-22(28)25-17/h4-9H,1-3H3,(H2,25,26,28). The first-order chi connectivity index (χ1) is 13.9. The fourth-order valence-corrected chi connectivity index (χ4v) is 4.39. The van der Waals surface area contributed by atoms with E-state index in [0.717, 1.165) is 55.7 Å². The van der Waals surface area contributed by atoms with E-state index in [1.807, 2.05) is 45.0 Å². The summed E-state index contributed by atoms with van der Waals surface area (Å²) in [6.07, 6.45) is 1.72. The fraction of sp³-hybridized carbons (Fsp3) is 0.136. The van der Waals surface area contributed by atoms with Crippen molar-refractivity contribution in [2.45, 2.75) is 20.8 Å². The van der Waals surface area contributed by atoms with E-state index >= 15 is 0 Å². The van der Waals surface area contributed by atoms with Crippen molar-refractivity contribution in [2.24, 2.45) is 0 Å². The lowest BCUT2D eigenvalue weighted by Gasteiger charge is -2.14. The molecule has 5 rings (SSSR count). The van der Waals surface area contributed by atoms with Crippen LogP contribution in [-0.4, -0.2) is 20.1 Å². The van der Waals surface area contributed by atoms with Crippen LogP contribution in [0.25, 0.3) is 44.2 Å². The molecule has 0 unspecified atom stereocenters. The summed E-state index contributed by atoms with van der Waals surface area (Å²) >= 11 is 6.45. The molecule has 144 valence electrons. The van der Waals surface area contributed by atoms with Crippen LogP contribution in [0.2, 0.25) is 5.02 Å². The van der Waals surface area contributed by atoms with E-state index in [1.165, 1.54) is 0 Å². The lowest BCUT2D eigenvalue weighted by atomic mass is 9.91. The number of rotatable bonds is 2. The second-order valence-corrected chi connectivity index (χ2v) is 7.58. The summed E-state index contributed by atoms with van der Waals surface area (Å²) < 4.78 is 5.37. The minimum atomic E-state index is -0.258. The Morgan fingerprint density at radius 3 is 2.66 bits per heavy atom. The second-order valence-electron chi connectivity index (χ2n) is 7.17. The summed E-state index contributed by atoms with van der Waals surface area (Å²) in [4.78, 5) is 22.4. The molecule has 3 heterocycles. The lowest BCUT2D eigenvalue weighted by molar-refractivity contribution is 0.393. The summed E-state index contributed by atoms with van der Waals surface area (Å²) in [7, 11) is 0. The Bertz CT molecular complexity index is 1460. The number of aromatic nitrogens is 4. The number of hydrogen-bond donors (Lipinski definition) is 2. The molecule has 0 spiro atoms. The molecular formula is C22H17ClN4O2.